The van der Waals surface area contributed by atoms with E-state index in [0.29, 0.717) is 15.7 Å². The molecule has 2 rings (SSSR count). The summed E-state index contributed by atoms with van der Waals surface area (Å²) < 4.78 is 7.09. The second kappa shape index (κ2) is 3.62. The number of ether oxygens (including phenoxy) is 1. The lowest BCUT2D eigenvalue weighted by Crippen LogP contribution is -2.03. The van der Waals surface area contributed by atoms with Crippen LogP contribution >= 0.6 is 15.9 Å². The molecule has 0 aliphatic rings. The maximum Gasteiger partial charge on any atom is 0.339 e. The van der Waals surface area contributed by atoms with Crippen LogP contribution in [0.5, 0.6) is 0 Å². The third-order valence-corrected chi connectivity index (χ3v) is 2.70. The number of aromatic nitrogens is 3. The van der Waals surface area contributed by atoms with Crippen LogP contribution in [0.4, 0.5) is 0 Å². The van der Waals surface area contributed by atoms with Crippen molar-refractivity contribution in [3.05, 3.63) is 28.1 Å². The summed E-state index contributed by atoms with van der Waals surface area (Å²) in [5, 5.41) is 7.82. The Hall–Kier alpha value is -1.43. The lowest BCUT2D eigenvalue weighted by atomic mass is 10.2. The summed E-state index contributed by atoms with van der Waals surface area (Å²) in [6.45, 7) is 1.84. The number of hydrogen-bond donors (Lipinski definition) is 0. The fourth-order valence-electron chi connectivity index (χ4n) is 1.29. The average Bonchev–Trinajstić information content (AvgIpc) is 2.58. The van der Waals surface area contributed by atoms with Gasteiger partial charge in [0, 0.05) is 10.7 Å². The van der Waals surface area contributed by atoms with Crippen LogP contribution in [-0.4, -0.2) is 27.7 Å². The quantitative estimate of drug-likeness (QED) is 0.738. The molecule has 2 aromatic heterocycles. The summed E-state index contributed by atoms with van der Waals surface area (Å²) in [4.78, 5) is 11.4. The summed E-state index contributed by atoms with van der Waals surface area (Å²) in [6.07, 6.45) is 1.75. The molecule has 0 atom stereocenters. The maximum atomic E-state index is 11.4. The Morgan fingerprint density at radius 3 is 2.93 bits per heavy atom. The van der Waals surface area contributed by atoms with Gasteiger partial charge in [-0.1, -0.05) is 0 Å². The van der Waals surface area contributed by atoms with E-state index in [1.54, 1.807) is 16.7 Å². The number of aryl methyl sites for hydroxylation is 1. The first kappa shape index (κ1) is 10.1. The zero-order chi connectivity index (χ0) is 11.0. The molecule has 0 fully saturated rings. The van der Waals surface area contributed by atoms with Crippen LogP contribution in [0, 0.1) is 6.92 Å². The van der Waals surface area contributed by atoms with Gasteiger partial charge in [0.15, 0.2) is 5.65 Å². The zero-order valence-electron chi connectivity index (χ0n) is 8.19. The second-order valence-electron chi connectivity index (χ2n) is 3.00. The Morgan fingerprint density at radius 1 is 1.53 bits per heavy atom. The summed E-state index contributed by atoms with van der Waals surface area (Å²) in [7, 11) is 1.34. The number of hydrogen-bond acceptors (Lipinski definition) is 4. The predicted molar refractivity (Wildman–Crippen MR) is 56.8 cm³/mol. The molecular weight excluding hydrogens is 262 g/mol. The molecule has 15 heavy (non-hydrogen) atoms. The smallest absolute Gasteiger partial charge is 0.339 e. The van der Waals surface area contributed by atoms with Crippen molar-refractivity contribution in [2.75, 3.05) is 7.11 Å². The van der Waals surface area contributed by atoms with Crippen molar-refractivity contribution >= 4 is 27.5 Å². The minimum Gasteiger partial charge on any atom is -0.465 e. The highest BCUT2D eigenvalue weighted by molar-refractivity contribution is 9.10. The van der Waals surface area contributed by atoms with Gasteiger partial charge in [0.25, 0.3) is 0 Å². The molecule has 0 spiro atoms. The SMILES string of the molecule is COC(=O)c1cc2nnc(C)n2cc1Br. The Morgan fingerprint density at radius 2 is 2.27 bits per heavy atom. The standard InChI is InChI=1S/C9H8BrN3O2/c1-5-11-12-8-3-6(9(14)15-2)7(10)4-13(5)8/h3-4H,1-2H3. The molecule has 0 aromatic carbocycles. The van der Waals surface area contributed by atoms with Gasteiger partial charge in [-0.25, -0.2) is 4.79 Å². The largest absolute Gasteiger partial charge is 0.465 e. The Labute approximate surface area is 94.2 Å². The van der Waals surface area contributed by atoms with E-state index in [1.165, 1.54) is 7.11 Å². The number of methoxy groups -OCH3 is 1. The lowest BCUT2D eigenvalue weighted by molar-refractivity contribution is 0.0599. The second-order valence-corrected chi connectivity index (χ2v) is 3.86. The molecule has 0 bridgehead atoms. The number of esters is 1. The third-order valence-electron chi connectivity index (χ3n) is 2.07. The highest BCUT2D eigenvalue weighted by Crippen LogP contribution is 2.19. The first-order valence-corrected chi connectivity index (χ1v) is 5.02. The average molecular weight is 270 g/mol. The minimum absolute atomic E-state index is 0.398. The summed E-state index contributed by atoms with van der Waals surface area (Å²) in [5.74, 6) is 0.368. The zero-order valence-corrected chi connectivity index (χ0v) is 9.78. The molecular formula is C9H8BrN3O2. The normalized spacial score (nSPS) is 10.6. The van der Waals surface area contributed by atoms with Crippen molar-refractivity contribution < 1.29 is 9.53 Å². The van der Waals surface area contributed by atoms with Gasteiger partial charge in [0.1, 0.15) is 5.82 Å². The van der Waals surface area contributed by atoms with Crippen LogP contribution in [-0.2, 0) is 4.74 Å². The number of halogens is 1. The first-order valence-electron chi connectivity index (χ1n) is 4.22. The van der Waals surface area contributed by atoms with E-state index >= 15 is 0 Å². The molecule has 0 saturated carbocycles. The van der Waals surface area contributed by atoms with Crippen molar-refractivity contribution in [1.82, 2.24) is 14.6 Å². The molecule has 0 saturated heterocycles. The fourth-order valence-corrected chi connectivity index (χ4v) is 1.77. The van der Waals surface area contributed by atoms with Gasteiger partial charge in [-0.2, -0.15) is 0 Å². The van der Waals surface area contributed by atoms with Crippen molar-refractivity contribution in [3.63, 3.8) is 0 Å². The van der Waals surface area contributed by atoms with E-state index in [1.807, 2.05) is 6.92 Å². The highest BCUT2D eigenvalue weighted by Gasteiger charge is 2.13. The van der Waals surface area contributed by atoms with Crippen LogP contribution in [0.3, 0.4) is 0 Å². The number of carbonyl (C=O) groups is 1. The minimum atomic E-state index is -0.398. The Bertz CT molecular complexity index is 535. The molecule has 0 aliphatic heterocycles. The molecule has 78 valence electrons. The van der Waals surface area contributed by atoms with Crippen LogP contribution < -0.4 is 0 Å². The van der Waals surface area contributed by atoms with Gasteiger partial charge in [-0.3, -0.25) is 4.40 Å². The lowest BCUT2D eigenvalue weighted by Gasteiger charge is -2.03. The number of rotatable bonds is 1. The predicted octanol–water partition coefficient (Wildman–Crippen LogP) is 1.59. The van der Waals surface area contributed by atoms with Crippen LogP contribution in [0.1, 0.15) is 16.2 Å². The van der Waals surface area contributed by atoms with E-state index in [0.717, 1.165) is 5.82 Å². The van der Waals surface area contributed by atoms with Crippen molar-refractivity contribution in [3.8, 4) is 0 Å². The third kappa shape index (κ3) is 1.61. The molecule has 0 unspecified atom stereocenters. The molecule has 0 N–H and O–H groups in total. The molecule has 0 amide bonds. The summed E-state index contributed by atoms with van der Waals surface area (Å²) in [5.41, 5.74) is 1.06. The van der Waals surface area contributed by atoms with Gasteiger partial charge in [-0.15, -0.1) is 10.2 Å². The number of carbonyl (C=O) groups excluding carboxylic acids is 1. The van der Waals surface area contributed by atoms with Gasteiger partial charge in [0.2, 0.25) is 0 Å². The van der Waals surface area contributed by atoms with Crippen molar-refractivity contribution in [2.45, 2.75) is 6.92 Å². The Kier molecular flexibility index (Phi) is 2.44. The van der Waals surface area contributed by atoms with E-state index in [4.69, 9.17) is 0 Å². The monoisotopic (exact) mass is 269 g/mol. The van der Waals surface area contributed by atoms with Crippen molar-refractivity contribution in [2.24, 2.45) is 0 Å². The molecule has 2 heterocycles. The fraction of sp³-hybridized carbons (Fsp3) is 0.222. The van der Waals surface area contributed by atoms with E-state index < -0.39 is 5.97 Å². The number of pyridine rings is 1. The van der Waals surface area contributed by atoms with Crippen LogP contribution in [0.15, 0.2) is 16.7 Å². The van der Waals surface area contributed by atoms with E-state index in [9.17, 15) is 4.79 Å². The number of fused-ring (bicyclic) bond motifs is 1. The topological polar surface area (TPSA) is 56.5 Å². The number of nitrogens with zero attached hydrogens (tertiary/aromatic N) is 3. The van der Waals surface area contributed by atoms with Crippen LogP contribution in [0.25, 0.3) is 5.65 Å². The van der Waals surface area contributed by atoms with Gasteiger partial charge in [0.05, 0.1) is 12.7 Å². The first-order chi connectivity index (χ1) is 7.13. The van der Waals surface area contributed by atoms with Gasteiger partial charge < -0.3 is 4.74 Å². The molecule has 0 radical (unpaired) electrons. The van der Waals surface area contributed by atoms with Gasteiger partial charge in [-0.05, 0) is 28.9 Å². The summed E-state index contributed by atoms with van der Waals surface area (Å²) >= 11 is 3.30. The molecule has 5 nitrogen and oxygen atoms in total. The van der Waals surface area contributed by atoms with E-state index in [2.05, 4.69) is 30.9 Å². The van der Waals surface area contributed by atoms with Gasteiger partial charge >= 0.3 is 5.97 Å². The molecule has 2 aromatic rings. The van der Waals surface area contributed by atoms with Crippen molar-refractivity contribution in [1.29, 1.82) is 0 Å². The Balaban J connectivity index is 2.68. The maximum absolute atomic E-state index is 11.4. The van der Waals surface area contributed by atoms with E-state index in [-0.39, 0.29) is 0 Å². The van der Waals surface area contributed by atoms with Crippen LogP contribution in [0.2, 0.25) is 0 Å². The molecule has 0 aliphatic carbocycles. The summed E-state index contributed by atoms with van der Waals surface area (Å²) in [6, 6.07) is 1.63. The highest BCUT2D eigenvalue weighted by atomic mass is 79.9. The molecule has 6 heteroatoms.